The lowest BCUT2D eigenvalue weighted by atomic mass is 10.0. The fourth-order valence-electron chi connectivity index (χ4n) is 1.67. The van der Waals surface area contributed by atoms with Crippen molar-refractivity contribution in [3.05, 3.63) is 69.4 Å². The van der Waals surface area contributed by atoms with E-state index in [1.165, 1.54) is 30.3 Å². The lowest BCUT2D eigenvalue weighted by Crippen LogP contribution is -2.07. The molecule has 0 fully saturated rings. The molecule has 19 heavy (non-hydrogen) atoms. The van der Waals surface area contributed by atoms with Crippen molar-refractivity contribution in [2.75, 3.05) is 0 Å². The Bertz CT molecular complexity index is 641. The van der Waals surface area contributed by atoms with Crippen LogP contribution in [-0.4, -0.2) is 5.78 Å². The van der Waals surface area contributed by atoms with Crippen molar-refractivity contribution in [3.63, 3.8) is 0 Å². The molecule has 5 heteroatoms. The Kier molecular flexibility index (Phi) is 4.04. The largest absolute Gasteiger partial charge is 0.294 e. The van der Waals surface area contributed by atoms with Gasteiger partial charge in [-0.15, -0.1) is 0 Å². The molecule has 0 amide bonds. The molecule has 0 saturated heterocycles. The van der Waals surface area contributed by atoms with Crippen LogP contribution in [0.2, 0.25) is 0 Å². The number of carbonyl (C=O) groups excluding carboxylic acids is 1. The molecule has 2 rings (SSSR count). The van der Waals surface area contributed by atoms with E-state index in [4.69, 9.17) is 0 Å². The van der Waals surface area contributed by atoms with E-state index in [1.54, 1.807) is 0 Å². The summed E-state index contributed by atoms with van der Waals surface area (Å²) in [6.45, 7) is 0. The summed E-state index contributed by atoms with van der Waals surface area (Å²) in [5.41, 5.74) is 0.0461. The highest BCUT2D eigenvalue weighted by Crippen LogP contribution is 2.22. The third-order valence-electron chi connectivity index (χ3n) is 2.63. The zero-order valence-electron chi connectivity index (χ0n) is 9.59. The van der Waals surface area contributed by atoms with Crippen LogP contribution in [0, 0.1) is 17.5 Å². The Balaban J connectivity index is 2.31. The minimum Gasteiger partial charge on any atom is -0.294 e. The van der Waals surface area contributed by atoms with E-state index in [1.807, 2.05) is 0 Å². The summed E-state index contributed by atoms with van der Waals surface area (Å²) in [5.74, 6) is -3.13. The molecule has 0 heterocycles. The highest BCUT2D eigenvalue weighted by Gasteiger charge is 2.16. The zero-order chi connectivity index (χ0) is 14.0. The van der Waals surface area contributed by atoms with E-state index in [0.29, 0.717) is 0 Å². The Hall–Kier alpha value is -1.62. The van der Waals surface area contributed by atoms with E-state index < -0.39 is 23.2 Å². The molecule has 0 aliphatic carbocycles. The molecule has 2 aromatic rings. The highest BCUT2D eigenvalue weighted by molar-refractivity contribution is 9.10. The van der Waals surface area contributed by atoms with Crippen molar-refractivity contribution in [2.24, 2.45) is 0 Å². The van der Waals surface area contributed by atoms with Crippen molar-refractivity contribution < 1.29 is 18.0 Å². The molecule has 0 saturated carbocycles. The van der Waals surface area contributed by atoms with Crippen LogP contribution >= 0.6 is 15.9 Å². The molecular formula is C14H8BrF3O. The monoisotopic (exact) mass is 328 g/mol. The molecule has 1 nitrogen and oxygen atoms in total. The molecule has 0 radical (unpaired) electrons. The summed E-state index contributed by atoms with van der Waals surface area (Å²) >= 11 is 2.96. The molecule has 0 N–H and O–H groups in total. The standard InChI is InChI=1S/C14H8BrF3O/c15-13-9(4-2-5-10(13)16)12(19)7-8-3-1-6-11(17)14(8)18/h1-6H,7H2. The summed E-state index contributed by atoms with van der Waals surface area (Å²) in [6.07, 6.45) is -0.328. The predicted octanol–water partition coefficient (Wildman–Crippen LogP) is 4.29. The smallest absolute Gasteiger partial charge is 0.168 e. The summed E-state index contributed by atoms with van der Waals surface area (Å²) in [4.78, 5) is 12.0. The van der Waals surface area contributed by atoms with Crippen LogP contribution in [0.4, 0.5) is 13.2 Å². The van der Waals surface area contributed by atoms with E-state index in [2.05, 4.69) is 15.9 Å². The number of Topliss-reactive ketones (excluding diaryl/α,β-unsaturated/α-hetero) is 1. The maximum Gasteiger partial charge on any atom is 0.168 e. The Labute approximate surface area is 116 Å². The maximum absolute atomic E-state index is 13.4. The molecule has 0 aliphatic heterocycles. The molecule has 0 bridgehead atoms. The Morgan fingerprint density at radius 1 is 1.00 bits per heavy atom. The highest BCUT2D eigenvalue weighted by atomic mass is 79.9. The van der Waals surface area contributed by atoms with Crippen molar-refractivity contribution in [2.45, 2.75) is 6.42 Å². The molecule has 0 aromatic heterocycles. The lowest BCUT2D eigenvalue weighted by Gasteiger charge is -2.06. The van der Waals surface area contributed by atoms with E-state index in [-0.39, 0.29) is 22.0 Å². The second-order valence-electron chi connectivity index (χ2n) is 3.91. The van der Waals surface area contributed by atoms with Crippen LogP contribution in [0.3, 0.4) is 0 Å². The van der Waals surface area contributed by atoms with E-state index in [9.17, 15) is 18.0 Å². The molecule has 0 atom stereocenters. The van der Waals surface area contributed by atoms with Crippen LogP contribution in [0.15, 0.2) is 40.9 Å². The van der Waals surface area contributed by atoms with Crippen molar-refractivity contribution >= 4 is 21.7 Å². The zero-order valence-corrected chi connectivity index (χ0v) is 11.2. The first-order chi connectivity index (χ1) is 9.00. The van der Waals surface area contributed by atoms with Gasteiger partial charge in [-0.05, 0) is 33.6 Å². The van der Waals surface area contributed by atoms with Crippen LogP contribution in [0.5, 0.6) is 0 Å². The lowest BCUT2D eigenvalue weighted by molar-refractivity contribution is 0.0990. The third-order valence-corrected chi connectivity index (χ3v) is 3.44. The second kappa shape index (κ2) is 5.57. The fourth-order valence-corrected chi connectivity index (χ4v) is 2.16. The topological polar surface area (TPSA) is 17.1 Å². The molecule has 2 aromatic carbocycles. The number of ketones is 1. The molecular weight excluding hydrogens is 321 g/mol. The summed E-state index contributed by atoms with van der Waals surface area (Å²) < 4.78 is 39.8. The second-order valence-corrected chi connectivity index (χ2v) is 4.71. The van der Waals surface area contributed by atoms with E-state index in [0.717, 1.165) is 6.07 Å². The van der Waals surface area contributed by atoms with Gasteiger partial charge in [0, 0.05) is 12.0 Å². The van der Waals surface area contributed by atoms with Gasteiger partial charge < -0.3 is 0 Å². The summed E-state index contributed by atoms with van der Waals surface area (Å²) in [7, 11) is 0. The van der Waals surface area contributed by atoms with Gasteiger partial charge >= 0.3 is 0 Å². The van der Waals surface area contributed by atoms with Gasteiger partial charge in [-0.1, -0.05) is 24.3 Å². The minimum absolute atomic E-state index is 0.0248. The van der Waals surface area contributed by atoms with Gasteiger partial charge in [0.1, 0.15) is 5.82 Å². The van der Waals surface area contributed by atoms with Gasteiger partial charge in [-0.3, -0.25) is 4.79 Å². The molecule has 0 unspecified atom stereocenters. The first-order valence-electron chi connectivity index (χ1n) is 5.41. The van der Waals surface area contributed by atoms with Gasteiger partial charge in [0.25, 0.3) is 0 Å². The average Bonchev–Trinajstić information content (AvgIpc) is 2.38. The van der Waals surface area contributed by atoms with E-state index >= 15 is 0 Å². The van der Waals surface area contributed by atoms with Gasteiger partial charge in [0.05, 0.1) is 4.47 Å². The van der Waals surface area contributed by atoms with Gasteiger partial charge in [0.2, 0.25) is 0 Å². The van der Waals surface area contributed by atoms with Gasteiger partial charge in [-0.25, -0.2) is 13.2 Å². The molecule has 98 valence electrons. The minimum atomic E-state index is -1.05. The van der Waals surface area contributed by atoms with Crippen LogP contribution in [0.1, 0.15) is 15.9 Å². The normalized spacial score (nSPS) is 10.5. The number of carbonyl (C=O) groups is 1. The Morgan fingerprint density at radius 2 is 1.63 bits per heavy atom. The summed E-state index contributed by atoms with van der Waals surface area (Å²) in [6, 6.07) is 7.62. The fraction of sp³-hybridized carbons (Fsp3) is 0.0714. The van der Waals surface area contributed by atoms with Crippen LogP contribution in [-0.2, 0) is 6.42 Å². The third kappa shape index (κ3) is 2.87. The number of hydrogen-bond acceptors (Lipinski definition) is 1. The van der Waals surface area contributed by atoms with Crippen molar-refractivity contribution in [1.82, 2.24) is 0 Å². The van der Waals surface area contributed by atoms with Crippen LogP contribution < -0.4 is 0 Å². The maximum atomic E-state index is 13.4. The van der Waals surface area contributed by atoms with Crippen molar-refractivity contribution in [3.8, 4) is 0 Å². The first kappa shape index (κ1) is 13.8. The predicted molar refractivity (Wildman–Crippen MR) is 68.5 cm³/mol. The number of rotatable bonds is 3. The average molecular weight is 329 g/mol. The number of halogens is 4. The van der Waals surface area contributed by atoms with Crippen LogP contribution in [0.25, 0.3) is 0 Å². The van der Waals surface area contributed by atoms with Gasteiger partial charge in [-0.2, -0.15) is 0 Å². The quantitative estimate of drug-likeness (QED) is 0.768. The first-order valence-corrected chi connectivity index (χ1v) is 6.20. The SMILES string of the molecule is O=C(Cc1cccc(F)c1F)c1cccc(F)c1Br. The van der Waals surface area contributed by atoms with Crippen molar-refractivity contribution in [1.29, 1.82) is 0 Å². The Morgan fingerprint density at radius 3 is 2.37 bits per heavy atom. The van der Waals surface area contributed by atoms with Gasteiger partial charge in [0.15, 0.2) is 17.4 Å². The molecule has 0 aliphatic rings. The number of benzene rings is 2. The summed E-state index contributed by atoms with van der Waals surface area (Å²) in [5, 5.41) is 0. The molecule has 0 spiro atoms. The number of hydrogen-bond donors (Lipinski definition) is 0.